The van der Waals surface area contributed by atoms with E-state index in [4.69, 9.17) is 19.2 Å². The number of fused-ring (bicyclic) bond motifs is 3. The molecule has 2 unspecified atom stereocenters. The van der Waals surface area contributed by atoms with Crippen molar-refractivity contribution in [1.29, 1.82) is 0 Å². The number of methoxy groups -OCH3 is 1. The highest BCUT2D eigenvalue weighted by atomic mass is 32.2. The average Bonchev–Trinajstić information content (AvgIpc) is 4.13. The molecule has 2 aromatic carbocycles. The summed E-state index contributed by atoms with van der Waals surface area (Å²) in [7, 11) is 3.44. The maximum Gasteiger partial charge on any atom is 0.408 e. The third kappa shape index (κ3) is 10.0. The van der Waals surface area contributed by atoms with Gasteiger partial charge in [0.15, 0.2) is 0 Å². The Bertz CT molecular complexity index is 2310. The van der Waals surface area contributed by atoms with Crippen molar-refractivity contribution in [3.63, 3.8) is 0 Å². The van der Waals surface area contributed by atoms with Crippen LogP contribution in [0.5, 0.6) is 11.6 Å². The van der Waals surface area contributed by atoms with Crippen LogP contribution in [0, 0.1) is 5.92 Å². The number of amides is 4. The maximum absolute atomic E-state index is 14.8. The molecule has 328 valence electrons. The van der Waals surface area contributed by atoms with Gasteiger partial charge in [0.2, 0.25) is 27.7 Å². The van der Waals surface area contributed by atoms with Gasteiger partial charge < -0.3 is 39.5 Å². The summed E-state index contributed by atoms with van der Waals surface area (Å²) in [5.41, 5.74) is 0.110. The first-order valence-electron chi connectivity index (χ1n) is 20.8. The Morgan fingerprint density at radius 2 is 1.77 bits per heavy atom. The van der Waals surface area contributed by atoms with E-state index in [9.17, 15) is 27.6 Å². The number of aromatic nitrogens is 1. The minimum absolute atomic E-state index is 0.00619. The molecule has 3 N–H and O–H groups in total. The van der Waals surface area contributed by atoms with Gasteiger partial charge >= 0.3 is 6.09 Å². The van der Waals surface area contributed by atoms with Gasteiger partial charge in [0.1, 0.15) is 35.1 Å². The second kappa shape index (κ2) is 17.2. The van der Waals surface area contributed by atoms with Crippen LogP contribution in [-0.4, -0.2) is 129 Å². The molecule has 16 nitrogen and oxygen atoms in total. The summed E-state index contributed by atoms with van der Waals surface area (Å²) in [4.78, 5) is 66.8. The molecule has 2 saturated carbocycles. The molecule has 1 saturated heterocycles. The van der Waals surface area contributed by atoms with Crippen molar-refractivity contribution < 1.29 is 41.8 Å². The number of pyridine rings is 1. The fourth-order valence-electron chi connectivity index (χ4n) is 7.98. The second-order valence-corrected chi connectivity index (χ2v) is 19.8. The van der Waals surface area contributed by atoms with Crippen LogP contribution in [0.1, 0.15) is 59.3 Å². The SMILES string of the molecule is COc1ccc2c(OC3C[C@H]4C(=O)N[C@]5(C(=O)NS(=O)(=O)C6CC6)CC5/C=C\CCCN(C)C[C@H](NC(=O)OC(C)(C)C)C(=O)N4C3)nc(-c3ccc(N(C)C)cc3)cc2c1. The van der Waals surface area contributed by atoms with Crippen LogP contribution in [0.25, 0.3) is 22.0 Å². The summed E-state index contributed by atoms with van der Waals surface area (Å²) in [5, 5.41) is 6.49. The first-order valence-corrected chi connectivity index (χ1v) is 22.4. The summed E-state index contributed by atoms with van der Waals surface area (Å²) in [6.07, 6.45) is 4.68. The molecule has 3 fully saturated rings. The second-order valence-electron chi connectivity index (χ2n) is 17.8. The van der Waals surface area contributed by atoms with Gasteiger partial charge in [-0.2, -0.15) is 0 Å². The lowest BCUT2D eigenvalue weighted by molar-refractivity contribution is -0.141. The van der Waals surface area contributed by atoms with Crippen LogP contribution < -0.4 is 29.7 Å². The number of hydrogen-bond donors (Lipinski definition) is 3. The summed E-state index contributed by atoms with van der Waals surface area (Å²) in [6, 6.07) is 13.1. The predicted octanol–water partition coefficient (Wildman–Crippen LogP) is 3.98. The van der Waals surface area contributed by atoms with E-state index in [-0.39, 0.29) is 31.8 Å². The Hall–Kier alpha value is -5.42. The van der Waals surface area contributed by atoms with Gasteiger partial charge in [-0.25, -0.2) is 18.2 Å². The molecule has 61 heavy (non-hydrogen) atoms. The number of nitrogens with one attached hydrogen (secondary N) is 3. The van der Waals surface area contributed by atoms with Gasteiger partial charge in [0.25, 0.3) is 5.91 Å². The largest absolute Gasteiger partial charge is 0.497 e. The number of nitrogens with zero attached hydrogens (tertiary/aromatic N) is 4. The zero-order chi connectivity index (χ0) is 43.9. The van der Waals surface area contributed by atoms with Crippen molar-refractivity contribution in [2.45, 2.75) is 93.9 Å². The van der Waals surface area contributed by atoms with E-state index >= 15 is 0 Å². The zero-order valence-electron chi connectivity index (χ0n) is 35.9. The predicted molar refractivity (Wildman–Crippen MR) is 231 cm³/mol. The van der Waals surface area contributed by atoms with Gasteiger partial charge in [-0.3, -0.25) is 19.1 Å². The highest BCUT2D eigenvalue weighted by Gasteiger charge is 2.62. The fourth-order valence-corrected chi connectivity index (χ4v) is 9.34. The highest BCUT2D eigenvalue weighted by Crippen LogP contribution is 2.46. The van der Waals surface area contributed by atoms with Crippen molar-refractivity contribution in [2.24, 2.45) is 5.92 Å². The topological polar surface area (TPSA) is 189 Å². The number of carbonyl (C=O) groups excluding carboxylic acids is 4. The molecule has 0 spiro atoms. The number of allylic oxidation sites excluding steroid dienone is 1. The standard InChI is InChI=1S/C44H57N7O9S/c1-43(2,3)60-42(55)46-36-26-50(6)20-10-8-9-11-29-24-44(29,41(54)48-61(56,57)33-17-18-33)47-38(52)37-23-32(25-51(37)40(36)53)59-39-34-19-16-31(58-7)21-28(34)22-35(45-39)27-12-14-30(15-13-27)49(4)5/h9,11-16,19,21-22,29,32-33,36-37H,8,10,17-18,20,23-26H2,1-7H3,(H,46,55)(H,47,52)(H,48,54)/b11-9-/t29?,32?,36-,37-,44+/m0/s1. The smallest absolute Gasteiger partial charge is 0.408 e. The van der Waals surface area contributed by atoms with E-state index in [1.807, 2.05) is 85.6 Å². The molecular formula is C44H57N7O9S. The number of anilines is 1. The van der Waals surface area contributed by atoms with Crippen LogP contribution in [-0.2, 0) is 29.1 Å². The molecule has 17 heteroatoms. The van der Waals surface area contributed by atoms with Crippen molar-refractivity contribution >= 4 is 50.3 Å². The molecular weight excluding hydrogens is 803 g/mol. The molecule has 3 aromatic rings. The average molecular weight is 860 g/mol. The van der Waals surface area contributed by atoms with Crippen LogP contribution >= 0.6 is 0 Å². The van der Waals surface area contributed by atoms with Crippen LogP contribution in [0.4, 0.5) is 10.5 Å². The molecule has 1 aromatic heterocycles. The Labute approximate surface area is 357 Å². The lowest BCUT2D eigenvalue weighted by Gasteiger charge is -2.32. The Kier molecular flexibility index (Phi) is 12.3. The molecule has 4 aliphatic rings. The van der Waals surface area contributed by atoms with Crippen molar-refractivity contribution in [3.05, 3.63) is 60.7 Å². The monoisotopic (exact) mass is 859 g/mol. The molecule has 0 radical (unpaired) electrons. The van der Waals surface area contributed by atoms with E-state index in [0.717, 1.165) is 16.6 Å². The molecule has 4 amide bonds. The molecule has 7 rings (SSSR count). The number of rotatable bonds is 9. The van der Waals surface area contributed by atoms with Crippen molar-refractivity contribution in [3.8, 4) is 22.9 Å². The third-order valence-corrected chi connectivity index (χ3v) is 13.4. The third-order valence-electron chi connectivity index (χ3n) is 11.5. The summed E-state index contributed by atoms with van der Waals surface area (Å²) in [5.74, 6) is -1.54. The molecule has 5 atom stereocenters. The Morgan fingerprint density at radius 3 is 2.44 bits per heavy atom. The van der Waals surface area contributed by atoms with E-state index in [1.165, 1.54) is 4.90 Å². The molecule has 2 aliphatic carbocycles. The van der Waals surface area contributed by atoms with Gasteiger partial charge in [-0.05, 0) is 108 Å². The maximum atomic E-state index is 14.8. The van der Waals surface area contributed by atoms with Gasteiger partial charge in [-0.15, -0.1) is 0 Å². The minimum Gasteiger partial charge on any atom is -0.497 e. The lowest BCUT2D eigenvalue weighted by atomic mass is 10.1. The van der Waals surface area contributed by atoms with Crippen LogP contribution in [0.3, 0.4) is 0 Å². The number of alkyl carbamates (subject to hydrolysis) is 1. The van der Waals surface area contributed by atoms with Gasteiger partial charge in [0, 0.05) is 49.6 Å². The summed E-state index contributed by atoms with van der Waals surface area (Å²) < 4.78 is 46.0. The first-order chi connectivity index (χ1) is 28.9. The number of likely N-dealkylation sites (N-methyl/N-ethyl adjacent to an activating group) is 1. The van der Waals surface area contributed by atoms with E-state index in [2.05, 4.69) is 15.4 Å². The first kappa shape index (κ1) is 43.7. The zero-order valence-corrected chi connectivity index (χ0v) is 36.7. The van der Waals surface area contributed by atoms with E-state index in [1.54, 1.807) is 33.9 Å². The fraction of sp³-hybridized carbons (Fsp3) is 0.523. The van der Waals surface area contributed by atoms with Crippen LogP contribution in [0.2, 0.25) is 0 Å². The normalized spacial score (nSPS) is 25.5. The lowest BCUT2D eigenvalue weighted by Crippen LogP contribution is -2.59. The van der Waals surface area contributed by atoms with Crippen molar-refractivity contribution in [2.75, 3.05) is 52.8 Å². The highest BCUT2D eigenvalue weighted by molar-refractivity contribution is 7.91. The van der Waals surface area contributed by atoms with Gasteiger partial charge in [-0.1, -0.05) is 24.3 Å². The summed E-state index contributed by atoms with van der Waals surface area (Å²) in [6.45, 7) is 5.80. The number of hydrogen-bond acceptors (Lipinski definition) is 12. The van der Waals surface area contributed by atoms with E-state index < -0.39 is 74.3 Å². The van der Waals surface area contributed by atoms with Crippen molar-refractivity contribution in [1.82, 2.24) is 30.1 Å². The molecule has 0 bridgehead atoms. The van der Waals surface area contributed by atoms with Gasteiger partial charge in [0.05, 0.1) is 24.6 Å². The molecule has 2 aliphatic heterocycles. The number of ether oxygens (including phenoxy) is 3. The number of sulfonamides is 1. The number of carbonyl (C=O) groups is 4. The van der Waals surface area contributed by atoms with Crippen LogP contribution in [0.15, 0.2) is 60.7 Å². The minimum atomic E-state index is -3.92. The number of benzene rings is 2. The molecule has 3 heterocycles. The Morgan fingerprint density at radius 1 is 1.03 bits per heavy atom. The Balaban J connectivity index is 1.25. The van der Waals surface area contributed by atoms with E-state index in [0.29, 0.717) is 49.1 Å². The summed E-state index contributed by atoms with van der Waals surface area (Å²) >= 11 is 0. The quantitative estimate of drug-likeness (QED) is 0.263.